The van der Waals surface area contributed by atoms with E-state index in [1.165, 1.54) is 0 Å². The highest BCUT2D eigenvalue weighted by atomic mass is 35.7. The first-order valence-corrected chi connectivity index (χ1v) is 7.26. The number of hydrogen-bond donors (Lipinski definition) is 0. The smallest absolute Gasteiger partial charge is 0.232 e. The van der Waals surface area contributed by atoms with E-state index in [4.69, 9.17) is 10.7 Å². The van der Waals surface area contributed by atoms with Crippen LogP contribution in [0, 0.1) is 0 Å². The van der Waals surface area contributed by atoms with Crippen molar-refractivity contribution in [3.8, 4) is 0 Å². The van der Waals surface area contributed by atoms with Crippen molar-refractivity contribution in [2.45, 2.75) is 6.42 Å². The number of benzene rings is 1. The van der Waals surface area contributed by atoms with Gasteiger partial charge in [0.1, 0.15) is 0 Å². The summed E-state index contributed by atoms with van der Waals surface area (Å²) in [4.78, 5) is 0. The Morgan fingerprint density at radius 1 is 1.44 bits per heavy atom. The number of aryl methyl sites for hydroxylation is 2. The monoisotopic (exact) mass is 258 g/mol. The van der Waals surface area contributed by atoms with Crippen LogP contribution in [0.5, 0.6) is 0 Å². The molecule has 16 heavy (non-hydrogen) atoms. The highest BCUT2D eigenvalue weighted by molar-refractivity contribution is 8.13. The predicted octanol–water partition coefficient (Wildman–Crippen LogP) is 1.68. The quantitative estimate of drug-likeness (QED) is 0.787. The van der Waals surface area contributed by atoms with Crippen LogP contribution in [0.15, 0.2) is 24.4 Å². The van der Waals surface area contributed by atoms with E-state index in [1.807, 2.05) is 25.2 Å². The summed E-state index contributed by atoms with van der Waals surface area (Å²) >= 11 is 0. The molecular weight excluding hydrogens is 248 g/mol. The van der Waals surface area contributed by atoms with E-state index >= 15 is 0 Å². The van der Waals surface area contributed by atoms with Gasteiger partial charge in [-0.05, 0) is 18.1 Å². The number of aromatic nitrogens is 2. The van der Waals surface area contributed by atoms with Crippen LogP contribution in [0.1, 0.15) is 5.56 Å². The first kappa shape index (κ1) is 11.4. The summed E-state index contributed by atoms with van der Waals surface area (Å²) in [7, 11) is 3.60. The number of fused-ring (bicyclic) bond motifs is 1. The zero-order chi connectivity index (χ0) is 11.8. The van der Waals surface area contributed by atoms with Gasteiger partial charge in [0.25, 0.3) is 0 Å². The molecule has 0 aliphatic carbocycles. The second kappa shape index (κ2) is 4.07. The molecule has 0 atom stereocenters. The van der Waals surface area contributed by atoms with E-state index in [0.29, 0.717) is 6.42 Å². The Morgan fingerprint density at radius 3 is 2.88 bits per heavy atom. The van der Waals surface area contributed by atoms with E-state index in [0.717, 1.165) is 16.5 Å². The molecule has 1 aromatic carbocycles. The standard InChI is InChI=1S/C10H11ClN2O2S/c1-13-10-6-8(4-5-16(11,14)15)2-3-9(10)7-12-13/h2-3,6-7H,4-5H2,1H3. The second-order valence-electron chi connectivity index (χ2n) is 3.65. The molecule has 0 unspecified atom stereocenters. The van der Waals surface area contributed by atoms with Crippen molar-refractivity contribution in [3.63, 3.8) is 0 Å². The van der Waals surface area contributed by atoms with Gasteiger partial charge in [0, 0.05) is 23.1 Å². The van der Waals surface area contributed by atoms with Crippen molar-refractivity contribution in [2.75, 3.05) is 5.75 Å². The molecule has 2 aromatic rings. The molecule has 0 N–H and O–H groups in total. The van der Waals surface area contributed by atoms with Crippen molar-refractivity contribution in [1.82, 2.24) is 9.78 Å². The lowest BCUT2D eigenvalue weighted by atomic mass is 10.1. The molecule has 86 valence electrons. The van der Waals surface area contributed by atoms with Crippen molar-refractivity contribution in [3.05, 3.63) is 30.0 Å². The van der Waals surface area contributed by atoms with E-state index in [1.54, 1.807) is 10.9 Å². The van der Waals surface area contributed by atoms with Crippen LogP contribution in [0.3, 0.4) is 0 Å². The molecule has 1 aromatic heterocycles. The summed E-state index contributed by atoms with van der Waals surface area (Å²) in [5.74, 6) is -0.0437. The topological polar surface area (TPSA) is 52.0 Å². The summed E-state index contributed by atoms with van der Waals surface area (Å²) in [6.45, 7) is 0. The zero-order valence-corrected chi connectivity index (χ0v) is 10.3. The lowest BCUT2D eigenvalue weighted by Crippen LogP contribution is -2.01. The second-order valence-corrected chi connectivity index (χ2v) is 6.55. The Morgan fingerprint density at radius 2 is 2.19 bits per heavy atom. The zero-order valence-electron chi connectivity index (χ0n) is 8.72. The molecule has 0 saturated heterocycles. The van der Waals surface area contributed by atoms with Gasteiger partial charge in [0.15, 0.2) is 0 Å². The number of halogens is 1. The molecule has 0 saturated carbocycles. The third-order valence-corrected chi connectivity index (χ3v) is 3.60. The molecule has 0 aliphatic heterocycles. The molecule has 1 heterocycles. The average Bonchev–Trinajstić information content (AvgIpc) is 2.56. The Kier molecular flexibility index (Phi) is 2.90. The molecule has 2 rings (SSSR count). The van der Waals surface area contributed by atoms with Gasteiger partial charge in [0.2, 0.25) is 9.05 Å². The van der Waals surface area contributed by atoms with Crippen LogP contribution in [0.4, 0.5) is 0 Å². The molecule has 0 bridgehead atoms. The van der Waals surface area contributed by atoms with Crippen molar-refractivity contribution < 1.29 is 8.42 Å². The number of hydrogen-bond acceptors (Lipinski definition) is 3. The minimum absolute atomic E-state index is 0.0437. The number of nitrogens with zero attached hydrogens (tertiary/aromatic N) is 2. The maximum Gasteiger partial charge on any atom is 0.232 e. The Hall–Kier alpha value is -1.07. The molecular formula is C10H11ClN2O2S. The lowest BCUT2D eigenvalue weighted by molar-refractivity contribution is 0.609. The van der Waals surface area contributed by atoms with Gasteiger partial charge in [-0.2, -0.15) is 5.10 Å². The third kappa shape index (κ3) is 2.54. The minimum Gasteiger partial charge on any atom is -0.268 e. The van der Waals surface area contributed by atoms with Gasteiger partial charge < -0.3 is 0 Å². The summed E-state index contributed by atoms with van der Waals surface area (Å²) < 4.78 is 23.4. The van der Waals surface area contributed by atoms with Crippen LogP contribution in [-0.2, 0) is 22.5 Å². The maximum atomic E-state index is 10.8. The van der Waals surface area contributed by atoms with Gasteiger partial charge in [-0.15, -0.1) is 0 Å². The average molecular weight is 259 g/mol. The van der Waals surface area contributed by atoms with Crippen LogP contribution in [0.25, 0.3) is 10.9 Å². The van der Waals surface area contributed by atoms with E-state index in [9.17, 15) is 8.42 Å². The molecule has 0 aliphatic rings. The van der Waals surface area contributed by atoms with E-state index in [-0.39, 0.29) is 5.75 Å². The van der Waals surface area contributed by atoms with Crippen LogP contribution >= 0.6 is 10.7 Å². The maximum absolute atomic E-state index is 10.8. The first-order valence-electron chi connectivity index (χ1n) is 4.79. The van der Waals surface area contributed by atoms with Crippen molar-refractivity contribution in [1.29, 1.82) is 0 Å². The van der Waals surface area contributed by atoms with Crippen molar-refractivity contribution >= 4 is 30.6 Å². The largest absolute Gasteiger partial charge is 0.268 e. The molecule has 4 nitrogen and oxygen atoms in total. The summed E-state index contributed by atoms with van der Waals surface area (Å²) in [6, 6.07) is 5.76. The van der Waals surface area contributed by atoms with Crippen LogP contribution < -0.4 is 0 Å². The van der Waals surface area contributed by atoms with Crippen LogP contribution in [-0.4, -0.2) is 24.0 Å². The molecule has 0 spiro atoms. The normalized spacial score (nSPS) is 12.1. The van der Waals surface area contributed by atoms with Crippen molar-refractivity contribution in [2.24, 2.45) is 7.05 Å². The first-order chi connectivity index (χ1) is 7.46. The molecule has 6 heteroatoms. The fourth-order valence-electron chi connectivity index (χ4n) is 1.58. The predicted molar refractivity (Wildman–Crippen MR) is 64.1 cm³/mol. The lowest BCUT2D eigenvalue weighted by Gasteiger charge is -2.00. The van der Waals surface area contributed by atoms with Gasteiger partial charge in [-0.1, -0.05) is 12.1 Å². The van der Waals surface area contributed by atoms with E-state index in [2.05, 4.69) is 5.10 Å². The minimum atomic E-state index is -3.42. The molecule has 0 radical (unpaired) electrons. The highest BCUT2D eigenvalue weighted by Gasteiger charge is 2.07. The fraction of sp³-hybridized carbons (Fsp3) is 0.300. The summed E-state index contributed by atoms with van der Waals surface area (Å²) in [6.07, 6.45) is 2.20. The molecule has 0 amide bonds. The Labute approximate surface area is 98.2 Å². The van der Waals surface area contributed by atoms with Gasteiger partial charge in [-0.3, -0.25) is 4.68 Å². The Balaban J connectivity index is 2.29. The van der Waals surface area contributed by atoms with Gasteiger partial charge in [-0.25, -0.2) is 8.42 Å². The fourth-order valence-corrected chi connectivity index (χ4v) is 2.30. The summed E-state index contributed by atoms with van der Waals surface area (Å²) in [5.41, 5.74) is 1.93. The third-order valence-electron chi connectivity index (χ3n) is 2.45. The summed E-state index contributed by atoms with van der Waals surface area (Å²) in [5, 5.41) is 5.16. The Bertz CT molecular complexity index is 619. The molecule has 0 fully saturated rings. The highest BCUT2D eigenvalue weighted by Crippen LogP contribution is 2.16. The SMILES string of the molecule is Cn1ncc2ccc(CCS(=O)(=O)Cl)cc21. The van der Waals surface area contributed by atoms with Gasteiger partial charge >= 0.3 is 0 Å². The number of rotatable bonds is 3. The van der Waals surface area contributed by atoms with E-state index < -0.39 is 9.05 Å². The van der Waals surface area contributed by atoms with Gasteiger partial charge in [0.05, 0.1) is 17.5 Å². The van der Waals surface area contributed by atoms with Crippen LogP contribution in [0.2, 0.25) is 0 Å².